The summed E-state index contributed by atoms with van der Waals surface area (Å²) < 4.78 is 20.4. The van der Waals surface area contributed by atoms with Crippen LogP contribution in [0.3, 0.4) is 0 Å². The number of nitrogens with zero attached hydrogens (tertiary/aromatic N) is 1. The van der Waals surface area contributed by atoms with Gasteiger partial charge >= 0.3 is 0 Å². The smallest absolute Gasteiger partial charge is 0.165 e. The Hall–Kier alpha value is -1.18. The van der Waals surface area contributed by atoms with E-state index in [2.05, 4.69) is 11.8 Å². The molecular weight excluding hydrogens is 377 g/mol. The maximum atomic E-state index is 13.6. The first-order valence-corrected chi connectivity index (χ1v) is 9.91. The number of para-hydroxylation sites is 1. The number of phenols is 1. The fraction of sp³-hybridized carbons (Fsp3) is 0.474. The summed E-state index contributed by atoms with van der Waals surface area (Å²) in [5, 5.41) is 20.2. The third kappa shape index (κ3) is 3.04. The molecule has 4 nitrogen and oxygen atoms in total. The van der Waals surface area contributed by atoms with E-state index >= 15 is 0 Å². The Balaban J connectivity index is 1.56. The quantitative estimate of drug-likeness (QED) is 0.797. The summed E-state index contributed by atoms with van der Waals surface area (Å²) in [6.07, 6.45) is 0.904. The SMILES string of the molecule is C[C@H]1C[C@@]2(CCN1Cc1cccc(F)c1O)OC[C@H](O)c1cc(Cl)sc12. The van der Waals surface area contributed by atoms with Crippen LogP contribution in [0.2, 0.25) is 4.34 Å². The summed E-state index contributed by atoms with van der Waals surface area (Å²) in [5.74, 6) is -0.865. The van der Waals surface area contributed by atoms with Gasteiger partial charge in [0, 0.05) is 35.1 Å². The lowest BCUT2D eigenvalue weighted by molar-refractivity contribution is -0.139. The summed E-state index contributed by atoms with van der Waals surface area (Å²) in [5.41, 5.74) is 1.05. The van der Waals surface area contributed by atoms with Crippen LogP contribution in [0.25, 0.3) is 0 Å². The summed E-state index contributed by atoms with van der Waals surface area (Å²) in [6.45, 7) is 3.63. The molecule has 2 aromatic rings. The van der Waals surface area contributed by atoms with E-state index in [1.54, 1.807) is 12.1 Å². The number of hydrogen-bond donors (Lipinski definition) is 2. The number of fused-ring (bicyclic) bond motifs is 2. The second-order valence-corrected chi connectivity index (χ2v) is 8.86. The predicted octanol–water partition coefficient (Wildman–Crippen LogP) is 4.19. The molecule has 1 aromatic heterocycles. The molecule has 0 bridgehead atoms. The van der Waals surface area contributed by atoms with E-state index in [0.29, 0.717) is 16.4 Å². The standard InChI is InChI=1S/C19H21ClFNO3S/c1-11-8-19(18-13(7-16(20)26-18)15(23)10-25-19)5-6-22(11)9-12-3-2-4-14(21)17(12)24/h2-4,7,11,15,23-24H,5-6,8-10H2,1H3/t11-,15-,19+/m0/s1. The molecule has 3 heterocycles. The van der Waals surface area contributed by atoms with Gasteiger partial charge in [-0.1, -0.05) is 23.7 Å². The zero-order valence-electron chi connectivity index (χ0n) is 14.4. The highest BCUT2D eigenvalue weighted by molar-refractivity contribution is 7.16. The molecule has 2 aliphatic rings. The summed E-state index contributed by atoms with van der Waals surface area (Å²) in [4.78, 5) is 3.25. The van der Waals surface area contributed by atoms with Crippen molar-refractivity contribution in [3.8, 4) is 5.75 Å². The molecule has 140 valence electrons. The number of ether oxygens (including phenoxy) is 1. The topological polar surface area (TPSA) is 52.9 Å². The lowest BCUT2D eigenvalue weighted by Crippen LogP contribution is -2.50. The first-order chi connectivity index (χ1) is 12.4. The molecule has 0 aliphatic carbocycles. The van der Waals surface area contributed by atoms with E-state index in [9.17, 15) is 14.6 Å². The summed E-state index contributed by atoms with van der Waals surface area (Å²) >= 11 is 7.68. The number of thiophene rings is 1. The lowest BCUT2D eigenvalue weighted by atomic mass is 9.81. The number of benzene rings is 1. The fourth-order valence-corrected chi connectivity index (χ4v) is 5.58. The van der Waals surface area contributed by atoms with Gasteiger partial charge in [0.15, 0.2) is 11.6 Å². The number of likely N-dealkylation sites (tertiary alicyclic amines) is 1. The fourth-order valence-electron chi connectivity index (χ4n) is 4.10. The minimum absolute atomic E-state index is 0.176. The van der Waals surface area contributed by atoms with Crippen molar-refractivity contribution in [3.63, 3.8) is 0 Å². The number of aromatic hydroxyl groups is 1. The maximum absolute atomic E-state index is 13.6. The Bertz CT molecular complexity index is 829. The van der Waals surface area contributed by atoms with Crippen molar-refractivity contribution < 1.29 is 19.3 Å². The van der Waals surface area contributed by atoms with Crippen molar-refractivity contribution in [3.05, 3.63) is 50.4 Å². The zero-order chi connectivity index (χ0) is 18.5. The van der Waals surface area contributed by atoms with Crippen LogP contribution in [0.4, 0.5) is 4.39 Å². The first-order valence-electron chi connectivity index (χ1n) is 8.72. The van der Waals surface area contributed by atoms with Crippen molar-refractivity contribution in [1.82, 2.24) is 4.90 Å². The van der Waals surface area contributed by atoms with Crippen molar-refractivity contribution >= 4 is 22.9 Å². The van der Waals surface area contributed by atoms with Crippen molar-refractivity contribution in [2.75, 3.05) is 13.2 Å². The lowest BCUT2D eigenvalue weighted by Gasteiger charge is -2.47. The zero-order valence-corrected chi connectivity index (χ0v) is 16.0. The molecule has 2 aliphatic heterocycles. The second kappa shape index (κ2) is 6.77. The van der Waals surface area contributed by atoms with E-state index in [1.807, 2.05) is 6.07 Å². The Kier molecular flexibility index (Phi) is 4.73. The van der Waals surface area contributed by atoms with Crippen LogP contribution in [0.15, 0.2) is 24.3 Å². The van der Waals surface area contributed by atoms with Crippen LogP contribution in [-0.4, -0.2) is 34.3 Å². The van der Waals surface area contributed by atoms with E-state index < -0.39 is 17.5 Å². The van der Waals surface area contributed by atoms with Crippen LogP contribution >= 0.6 is 22.9 Å². The highest BCUT2D eigenvalue weighted by Crippen LogP contribution is 2.50. The average molecular weight is 398 g/mol. The van der Waals surface area contributed by atoms with E-state index in [0.717, 1.165) is 29.8 Å². The van der Waals surface area contributed by atoms with Gasteiger partial charge in [0.25, 0.3) is 0 Å². The number of rotatable bonds is 2. The molecule has 2 N–H and O–H groups in total. The molecule has 0 saturated carbocycles. The molecule has 1 aromatic carbocycles. The van der Waals surface area contributed by atoms with Crippen LogP contribution in [0.5, 0.6) is 5.75 Å². The van der Waals surface area contributed by atoms with Crippen LogP contribution < -0.4 is 0 Å². The number of aliphatic hydroxyl groups excluding tert-OH is 1. The van der Waals surface area contributed by atoms with Crippen LogP contribution in [-0.2, 0) is 16.9 Å². The average Bonchev–Trinajstić information content (AvgIpc) is 3.01. The number of aliphatic hydroxyl groups is 1. The van der Waals surface area contributed by atoms with Gasteiger partial charge in [-0.25, -0.2) is 4.39 Å². The van der Waals surface area contributed by atoms with Gasteiger partial charge in [-0.05, 0) is 31.9 Å². The van der Waals surface area contributed by atoms with Gasteiger partial charge in [-0.15, -0.1) is 11.3 Å². The minimum atomic E-state index is -0.628. The van der Waals surface area contributed by atoms with Crippen molar-refractivity contribution in [1.29, 1.82) is 0 Å². The number of hydrogen-bond acceptors (Lipinski definition) is 5. The van der Waals surface area contributed by atoms with Crippen molar-refractivity contribution in [2.45, 2.75) is 44.1 Å². The van der Waals surface area contributed by atoms with Crippen molar-refractivity contribution in [2.24, 2.45) is 0 Å². The number of piperidine rings is 1. The van der Waals surface area contributed by atoms with Gasteiger partial charge in [0.05, 0.1) is 10.9 Å². The normalized spacial score (nSPS) is 29.1. The van der Waals surface area contributed by atoms with Crippen LogP contribution in [0, 0.1) is 5.82 Å². The molecule has 26 heavy (non-hydrogen) atoms. The molecule has 0 amide bonds. The molecule has 1 saturated heterocycles. The molecule has 0 radical (unpaired) electrons. The largest absolute Gasteiger partial charge is 0.505 e. The summed E-state index contributed by atoms with van der Waals surface area (Å²) in [7, 11) is 0. The second-order valence-electron chi connectivity index (χ2n) is 7.18. The molecule has 1 spiro atoms. The van der Waals surface area contributed by atoms with E-state index in [-0.39, 0.29) is 18.4 Å². The monoisotopic (exact) mass is 397 g/mol. The molecular formula is C19H21ClFNO3S. The maximum Gasteiger partial charge on any atom is 0.165 e. The number of phenolic OH excluding ortho intramolecular Hbond substituents is 1. The Morgan fingerprint density at radius 2 is 2.27 bits per heavy atom. The molecule has 7 heteroatoms. The molecule has 1 fully saturated rings. The minimum Gasteiger partial charge on any atom is -0.505 e. The highest BCUT2D eigenvalue weighted by Gasteiger charge is 2.46. The van der Waals surface area contributed by atoms with Gasteiger partial charge < -0.3 is 14.9 Å². The van der Waals surface area contributed by atoms with Gasteiger partial charge in [0.1, 0.15) is 11.7 Å². The summed E-state index contributed by atoms with van der Waals surface area (Å²) in [6, 6.07) is 6.65. The molecule has 4 rings (SSSR count). The van der Waals surface area contributed by atoms with E-state index in [1.165, 1.54) is 17.4 Å². The first kappa shape index (κ1) is 18.2. The molecule has 3 atom stereocenters. The Morgan fingerprint density at radius 1 is 1.46 bits per heavy atom. The van der Waals surface area contributed by atoms with Gasteiger partial charge in [0.2, 0.25) is 0 Å². The highest BCUT2D eigenvalue weighted by atomic mass is 35.5. The third-order valence-corrected chi connectivity index (χ3v) is 6.98. The van der Waals surface area contributed by atoms with Gasteiger partial charge in [-0.3, -0.25) is 4.90 Å². The Morgan fingerprint density at radius 3 is 3.04 bits per heavy atom. The third-order valence-electron chi connectivity index (χ3n) is 5.52. The predicted molar refractivity (Wildman–Crippen MR) is 99.1 cm³/mol. The Labute approximate surface area is 160 Å². The van der Waals surface area contributed by atoms with E-state index in [4.69, 9.17) is 16.3 Å². The van der Waals surface area contributed by atoms with Gasteiger partial charge in [-0.2, -0.15) is 0 Å². The molecule has 0 unspecified atom stereocenters. The van der Waals surface area contributed by atoms with Crippen LogP contribution in [0.1, 0.15) is 41.9 Å². The number of halogens is 2.